The molecule has 0 saturated heterocycles. The fourth-order valence-corrected chi connectivity index (χ4v) is 4.03. The maximum atomic E-state index is 6.58. The number of hydrogen-bond donors (Lipinski definition) is 1. The molecular weight excluding hydrogens is 240 g/mol. The quantitative estimate of drug-likeness (QED) is 0.832. The summed E-state index contributed by atoms with van der Waals surface area (Å²) in [5, 5.41) is 1.21. The van der Waals surface area contributed by atoms with E-state index in [0.29, 0.717) is 0 Å². The van der Waals surface area contributed by atoms with Gasteiger partial charge in [-0.05, 0) is 25.0 Å². The molecule has 96 valence electrons. The zero-order chi connectivity index (χ0) is 12.4. The van der Waals surface area contributed by atoms with Gasteiger partial charge in [0.15, 0.2) is 0 Å². The zero-order valence-corrected chi connectivity index (χ0v) is 11.5. The molecule has 0 spiro atoms. The van der Waals surface area contributed by atoms with Crippen LogP contribution in [0.4, 0.5) is 0 Å². The third-order valence-electron chi connectivity index (χ3n) is 3.94. The van der Waals surface area contributed by atoms with Crippen LogP contribution < -0.4 is 5.73 Å². The normalized spacial score (nSPS) is 19.8. The summed E-state index contributed by atoms with van der Waals surface area (Å²) in [6.45, 7) is 0. The predicted octanol–water partition coefficient (Wildman–Crippen LogP) is 3.89. The SMILES string of the molecule is NC1(Cc2nc3ccccc3s2)CCCCCC1. The van der Waals surface area contributed by atoms with Gasteiger partial charge in [-0.2, -0.15) is 0 Å². The minimum absolute atomic E-state index is 0.00955. The molecule has 3 rings (SSSR count). The monoisotopic (exact) mass is 260 g/mol. The summed E-state index contributed by atoms with van der Waals surface area (Å²) in [7, 11) is 0. The maximum absolute atomic E-state index is 6.58. The van der Waals surface area contributed by atoms with Crippen molar-refractivity contribution in [3.8, 4) is 0 Å². The number of nitrogens with zero attached hydrogens (tertiary/aromatic N) is 1. The highest BCUT2D eigenvalue weighted by molar-refractivity contribution is 7.18. The Balaban J connectivity index is 1.82. The van der Waals surface area contributed by atoms with Crippen molar-refractivity contribution in [2.45, 2.75) is 50.5 Å². The van der Waals surface area contributed by atoms with Crippen molar-refractivity contribution in [1.82, 2.24) is 4.98 Å². The van der Waals surface area contributed by atoms with E-state index in [9.17, 15) is 0 Å². The molecule has 0 aliphatic heterocycles. The van der Waals surface area contributed by atoms with E-state index in [0.717, 1.165) is 24.8 Å². The van der Waals surface area contributed by atoms with Crippen LogP contribution in [0.1, 0.15) is 43.5 Å². The van der Waals surface area contributed by atoms with E-state index in [1.807, 2.05) is 0 Å². The summed E-state index contributed by atoms with van der Waals surface area (Å²) < 4.78 is 1.28. The molecular formula is C15H20N2S. The van der Waals surface area contributed by atoms with Crippen LogP contribution in [0.3, 0.4) is 0 Å². The van der Waals surface area contributed by atoms with Gasteiger partial charge in [0.2, 0.25) is 0 Å². The maximum Gasteiger partial charge on any atom is 0.0956 e. The number of rotatable bonds is 2. The van der Waals surface area contributed by atoms with Crippen LogP contribution in [0.2, 0.25) is 0 Å². The number of thiazole rings is 1. The van der Waals surface area contributed by atoms with Crippen molar-refractivity contribution in [3.63, 3.8) is 0 Å². The summed E-state index contributed by atoms with van der Waals surface area (Å²) in [5.74, 6) is 0. The molecule has 2 aromatic rings. The highest BCUT2D eigenvalue weighted by Gasteiger charge is 2.27. The summed E-state index contributed by atoms with van der Waals surface area (Å²) in [5.41, 5.74) is 7.69. The van der Waals surface area contributed by atoms with Crippen molar-refractivity contribution in [2.75, 3.05) is 0 Å². The molecule has 1 aliphatic rings. The fourth-order valence-electron chi connectivity index (χ4n) is 2.91. The molecule has 2 N–H and O–H groups in total. The van der Waals surface area contributed by atoms with Crippen LogP contribution in [0.5, 0.6) is 0 Å². The molecule has 0 amide bonds. The van der Waals surface area contributed by atoms with Gasteiger partial charge in [0.1, 0.15) is 0 Å². The summed E-state index contributed by atoms with van der Waals surface area (Å²) >= 11 is 1.81. The average molecular weight is 260 g/mol. The Morgan fingerprint density at radius 2 is 1.83 bits per heavy atom. The molecule has 1 aromatic carbocycles. The van der Waals surface area contributed by atoms with E-state index in [4.69, 9.17) is 10.7 Å². The van der Waals surface area contributed by atoms with Gasteiger partial charge in [0.05, 0.1) is 15.2 Å². The van der Waals surface area contributed by atoms with Gasteiger partial charge in [0, 0.05) is 12.0 Å². The molecule has 1 fully saturated rings. The van der Waals surface area contributed by atoms with Crippen molar-refractivity contribution in [2.24, 2.45) is 5.73 Å². The molecule has 0 unspecified atom stereocenters. The van der Waals surface area contributed by atoms with Gasteiger partial charge >= 0.3 is 0 Å². The number of nitrogens with two attached hydrogens (primary N) is 1. The summed E-state index contributed by atoms with van der Waals surface area (Å²) in [6, 6.07) is 8.36. The van der Waals surface area contributed by atoms with Crippen LogP contribution in [-0.4, -0.2) is 10.5 Å². The van der Waals surface area contributed by atoms with Gasteiger partial charge in [-0.15, -0.1) is 11.3 Å². The van der Waals surface area contributed by atoms with Crippen molar-refractivity contribution >= 4 is 21.6 Å². The predicted molar refractivity (Wildman–Crippen MR) is 77.9 cm³/mol. The molecule has 1 heterocycles. The lowest BCUT2D eigenvalue weighted by atomic mass is 9.88. The molecule has 1 aliphatic carbocycles. The largest absolute Gasteiger partial charge is 0.325 e. The number of para-hydroxylation sites is 1. The number of fused-ring (bicyclic) bond motifs is 1. The molecule has 0 bridgehead atoms. The van der Waals surface area contributed by atoms with Crippen molar-refractivity contribution < 1.29 is 0 Å². The van der Waals surface area contributed by atoms with E-state index in [-0.39, 0.29) is 5.54 Å². The Hall–Kier alpha value is -0.930. The molecule has 2 nitrogen and oxygen atoms in total. The van der Waals surface area contributed by atoms with Gasteiger partial charge < -0.3 is 5.73 Å². The summed E-state index contributed by atoms with van der Waals surface area (Å²) in [6.07, 6.45) is 8.51. The third-order valence-corrected chi connectivity index (χ3v) is 4.98. The van der Waals surface area contributed by atoms with Crippen LogP contribution in [0.15, 0.2) is 24.3 Å². The minimum atomic E-state index is -0.00955. The molecule has 1 saturated carbocycles. The lowest BCUT2D eigenvalue weighted by molar-refractivity contribution is 0.369. The lowest BCUT2D eigenvalue weighted by Crippen LogP contribution is -2.41. The average Bonchev–Trinajstić information content (AvgIpc) is 2.63. The Morgan fingerprint density at radius 3 is 2.56 bits per heavy atom. The Morgan fingerprint density at radius 1 is 1.11 bits per heavy atom. The number of hydrogen-bond acceptors (Lipinski definition) is 3. The topological polar surface area (TPSA) is 38.9 Å². The Bertz CT molecular complexity index is 491. The van der Waals surface area contributed by atoms with Gasteiger partial charge in [-0.25, -0.2) is 4.98 Å². The minimum Gasteiger partial charge on any atom is -0.325 e. The van der Waals surface area contributed by atoms with Crippen molar-refractivity contribution in [1.29, 1.82) is 0 Å². The Labute approximate surface area is 112 Å². The smallest absolute Gasteiger partial charge is 0.0956 e. The molecule has 0 atom stereocenters. The second kappa shape index (κ2) is 4.98. The highest BCUT2D eigenvalue weighted by atomic mass is 32.1. The van der Waals surface area contributed by atoms with E-state index in [1.54, 1.807) is 11.3 Å². The van der Waals surface area contributed by atoms with E-state index < -0.39 is 0 Å². The zero-order valence-electron chi connectivity index (χ0n) is 10.7. The summed E-state index contributed by atoms with van der Waals surface area (Å²) in [4.78, 5) is 4.72. The number of aromatic nitrogens is 1. The Kier molecular flexibility index (Phi) is 3.35. The molecule has 18 heavy (non-hydrogen) atoms. The van der Waals surface area contributed by atoms with E-state index in [2.05, 4.69) is 24.3 Å². The van der Waals surface area contributed by atoms with Crippen LogP contribution in [0, 0.1) is 0 Å². The standard InChI is InChI=1S/C15H20N2S/c16-15(9-5-1-2-6-10-15)11-14-17-12-7-3-4-8-13(12)18-14/h3-4,7-8H,1-2,5-6,9-11,16H2. The van der Waals surface area contributed by atoms with Crippen LogP contribution >= 0.6 is 11.3 Å². The van der Waals surface area contributed by atoms with Crippen LogP contribution in [-0.2, 0) is 6.42 Å². The molecule has 3 heteroatoms. The second-order valence-electron chi connectivity index (χ2n) is 5.53. The lowest BCUT2D eigenvalue weighted by Gasteiger charge is -2.26. The van der Waals surface area contributed by atoms with E-state index >= 15 is 0 Å². The van der Waals surface area contributed by atoms with Gasteiger partial charge in [0.25, 0.3) is 0 Å². The first-order chi connectivity index (χ1) is 8.75. The number of benzene rings is 1. The molecule has 1 aromatic heterocycles. The van der Waals surface area contributed by atoms with E-state index in [1.165, 1.54) is 35.4 Å². The highest BCUT2D eigenvalue weighted by Crippen LogP contribution is 2.31. The fraction of sp³-hybridized carbons (Fsp3) is 0.533. The first kappa shape index (κ1) is 12.1. The first-order valence-electron chi connectivity index (χ1n) is 6.89. The third kappa shape index (κ3) is 2.57. The van der Waals surface area contributed by atoms with Crippen LogP contribution in [0.25, 0.3) is 10.2 Å². The van der Waals surface area contributed by atoms with Gasteiger partial charge in [-0.1, -0.05) is 37.8 Å². The second-order valence-corrected chi connectivity index (χ2v) is 6.64. The molecule has 0 radical (unpaired) electrons. The van der Waals surface area contributed by atoms with Gasteiger partial charge in [-0.3, -0.25) is 0 Å². The first-order valence-corrected chi connectivity index (χ1v) is 7.70. The van der Waals surface area contributed by atoms with Crippen molar-refractivity contribution in [3.05, 3.63) is 29.3 Å².